The van der Waals surface area contributed by atoms with Crippen molar-refractivity contribution in [3.63, 3.8) is 0 Å². The molecule has 0 N–H and O–H groups in total. The van der Waals surface area contributed by atoms with Gasteiger partial charge in [-0.1, -0.05) is 269 Å². The van der Waals surface area contributed by atoms with Crippen molar-refractivity contribution < 1.29 is 28.6 Å². The molecule has 0 amide bonds. The Morgan fingerprint density at radius 3 is 0.775 bits per heavy atom. The molecule has 0 bridgehead atoms. The molecule has 0 aliphatic heterocycles. The third-order valence-corrected chi connectivity index (χ3v) is 13.6. The van der Waals surface area contributed by atoms with Crippen LogP contribution >= 0.6 is 0 Å². The molecule has 452 valence electrons. The maximum absolute atomic E-state index is 12.9. The monoisotopic (exact) mass is 1100 g/mol. The van der Waals surface area contributed by atoms with Crippen LogP contribution in [0.5, 0.6) is 0 Å². The molecule has 0 radical (unpaired) electrons. The Balaban J connectivity index is 4.27. The zero-order valence-electron chi connectivity index (χ0n) is 51.8. The number of allylic oxidation sites excluding steroid dienone is 24. The van der Waals surface area contributed by atoms with E-state index in [0.717, 1.165) is 154 Å². The normalized spacial score (nSPS) is 13.1. The molecule has 0 saturated heterocycles. The lowest BCUT2D eigenvalue weighted by atomic mass is 10.0. The Labute approximate surface area is 493 Å². The second kappa shape index (κ2) is 66.8. The van der Waals surface area contributed by atoms with Gasteiger partial charge in [-0.05, 0) is 141 Å². The quantitative estimate of drug-likeness (QED) is 0.0261. The highest BCUT2D eigenvalue weighted by Gasteiger charge is 2.19. The van der Waals surface area contributed by atoms with E-state index in [1.807, 2.05) is 0 Å². The van der Waals surface area contributed by atoms with Gasteiger partial charge in [-0.2, -0.15) is 0 Å². The molecule has 0 aromatic heterocycles. The summed E-state index contributed by atoms with van der Waals surface area (Å²) in [7, 11) is 0. The van der Waals surface area contributed by atoms with E-state index < -0.39 is 6.10 Å². The van der Waals surface area contributed by atoms with Crippen LogP contribution < -0.4 is 0 Å². The molecule has 0 heterocycles. The molecular formula is C74H120O6. The van der Waals surface area contributed by atoms with E-state index in [4.69, 9.17) is 14.2 Å². The van der Waals surface area contributed by atoms with E-state index in [-0.39, 0.29) is 31.1 Å². The lowest BCUT2D eigenvalue weighted by molar-refractivity contribution is -0.167. The molecule has 6 nitrogen and oxygen atoms in total. The summed E-state index contributed by atoms with van der Waals surface area (Å²) >= 11 is 0. The SMILES string of the molecule is CC/C=C\C/C=C\C/C=C\C/C=C\C/C=C\C/C=C\C/C=C\CCCCCCCCCCCCCC(=O)OCC(COC(=O)CCCCCCC/C=C\CCCCC)OC(=O)CCCCCC/C=C\C/C=C\C/C=C\C/C=C\CC. The van der Waals surface area contributed by atoms with Crippen LogP contribution in [0.25, 0.3) is 0 Å². The number of carbonyl (C=O) groups excluding carboxylic acids is 3. The summed E-state index contributed by atoms with van der Waals surface area (Å²) in [6.45, 7) is 6.36. The van der Waals surface area contributed by atoms with Crippen molar-refractivity contribution >= 4 is 17.9 Å². The molecule has 80 heavy (non-hydrogen) atoms. The maximum Gasteiger partial charge on any atom is 0.306 e. The molecule has 0 aliphatic carbocycles. The first-order valence-corrected chi connectivity index (χ1v) is 32.8. The van der Waals surface area contributed by atoms with Crippen LogP contribution in [0.15, 0.2) is 146 Å². The zero-order chi connectivity index (χ0) is 57.8. The molecular weight excluding hydrogens is 985 g/mol. The maximum atomic E-state index is 12.9. The van der Waals surface area contributed by atoms with Gasteiger partial charge in [0.25, 0.3) is 0 Å². The van der Waals surface area contributed by atoms with Crippen molar-refractivity contribution in [3.05, 3.63) is 146 Å². The lowest BCUT2D eigenvalue weighted by Gasteiger charge is -2.18. The fourth-order valence-corrected chi connectivity index (χ4v) is 8.70. The van der Waals surface area contributed by atoms with E-state index in [1.165, 1.54) is 89.9 Å². The number of ether oxygens (including phenoxy) is 3. The van der Waals surface area contributed by atoms with E-state index >= 15 is 0 Å². The van der Waals surface area contributed by atoms with E-state index in [0.29, 0.717) is 19.3 Å². The third-order valence-electron chi connectivity index (χ3n) is 13.6. The number of unbranched alkanes of at least 4 members (excludes halogenated alkanes) is 23. The van der Waals surface area contributed by atoms with Crippen LogP contribution in [0.2, 0.25) is 0 Å². The third kappa shape index (κ3) is 64.1. The number of carbonyl (C=O) groups is 3. The minimum absolute atomic E-state index is 0.0957. The van der Waals surface area contributed by atoms with Gasteiger partial charge in [0.05, 0.1) is 0 Å². The van der Waals surface area contributed by atoms with Crippen LogP contribution in [0, 0.1) is 0 Å². The number of rotatable bonds is 58. The molecule has 1 atom stereocenters. The zero-order valence-corrected chi connectivity index (χ0v) is 51.8. The van der Waals surface area contributed by atoms with Gasteiger partial charge < -0.3 is 14.2 Å². The van der Waals surface area contributed by atoms with Crippen LogP contribution in [0.3, 0.4) is 0 Å². The van der Waals surface area contributed by atoms with Gasteiger partial charge in [-0.25, -0.2) is 0 Å². The highest BCUT2D eigenvalue weighted by Crippen LogP contribution is 2.15. The Hall–Kier alpha value is -4.71. The summed E-state index contributed by atoms with van der Waals surface area (Å²) in [6, 6.07) is 0. The predicted octanol–water partition coefficient (Wildman–Crippen LogP) is 22.7. The van der Waals surface area contributed by atoms with Crippen LogP contribution in [-0.2, 0) is 28.6 Å². The van der Waals surface area contributed by atoms with Crippen molar-refractivity contribution in [3.8, 4) is 0 Å². The van der Waals surface area contributed by atoms with Gasteiger partial charge in [0, 0.05) is 19.3 Å². The van der Waals surface area contributed by atoms with Gasteiger partial charge in [0.2, 0.25) is 0 Å². The second-order valence-corrected chi connectivity index (χ2v) is 21.3. The van der Waals surface area contributed by atoms with Crippen LogP contribution in [-0.4, -0.2) is 37.2 Å². The highest BCUT2D eigenvalue weighted by atomic mass is 16.6. The Kier molecular flexibility index (Phi) is 62.9. The smallest absolute Gasteiger partial charge is 0.306 e. The summed E-state index contributed by atoms with van der Waals surface area (Å²) in [5, 5.41) is 0. The minimum atomic E-state index is -0.801. The van der Waals surface area contributed by atoms with Crippen LogP contribution in [0.1, 0.15) is 284 Å². The fourth-order valence-electron chi connectivity index (χ4n) is 8.70. The summed E-state index contributed by atoms with van der Waals surface area (Å²) in [5.41, 5.74) is 0. The van der Waals surface area contributed by atoms with E-state index in [1.54, 1.807) is 0 Å². The summed E-state index contributed by atoms with van der Waals surface area (Å²) in [6.07, 6.45) is 95.8. The first-order valence-electron chi connectivity index (χ1n) is 32.8. The van der Waals surface area contributed by atoms with Crippen molar-refractivity contribution in [1.29, 1.82) is 0 Å². The molecule has 0 saturated carbocycles. The Bertz CT molecular complexity index is 1750. The molecule has 0 fully saturated rings. The van der Waals surface area contributed by atoms with Crippen molar-refractivity contribution in [1.82, 2.24) is 0 Å². The molecule has 0 aliphatic rings. The fraction of sp³-hybridized carbons (Fsp3) is 0.635. The van der Waals surface area contributed by atoms with Gasteiger partial charge in [-0.15, -0.1) is 0 Å². The van der Waals surface area contributed by atoms with Gasteiger partial charge in [0.15, 0.2) is 6.10 Å². The number of hydrogen-bond donors (Lipinski definition) is 0. The molecule has 0 spiro atoms. The van der Waals surface area contributed by atoms with Gasteiger partial charge in [-0.3, -0.25) is 14.4 Å². The predicted molar refractivity (Wildman–Crippen MR) is 348 cm³/mol. The van der Waals surface area contributed by atoms with E-state index in [9.17, 15) is 14.4 Å². The Morgan fingerprint density at radius 1 is 0.263 bits per heavy atom. The lowest BCUT2D eigenvalue weighted by Crippen LogP contribution is -2.30. The topological polar surface area (TPSA) is 78.9 Å². The molecule has 0 aromatic rings. The van der Waals surface area contributed by atoms with Crippen molar-refractivity contribution in [2.45, 2.75) is 290 Å². The Morgan fingerprint density at radius 2 is 0.487 bits per heavy atom. The first kappa shape index (κ1) is 75.3. The summed E-state index contributed by atoms with van der Waals surface area (Å²) < 4.78 is 16.9. The average molecular weight is 1110 g/mol. The van der Waals surface area contributed by atoms with E-state index in [2.05, 4.69) is 167 Å². The summed E-state index contributed by atoms with van der Waals surface area (Å²) in [5.74, 6) is -0.931. The van der Waals surface area contributed by atoms with Crippen molar-refractivity contribution in [2.75, 3.05) is 13.2 Å². The molecule has 1 unspecified atom stereocenters. The molecule has 0 aromatic carbocycles. The van der Waals surface area contributed by atoms with Gasteiger partial charge >= 0.3 is 17.9 Å². The van der Waals surface area contributed by atoms with Crippen LogP contribution in [0.4, 0.5) is 0 Å². The largest absolute Gasteiger partial charge is 0.462 e. The first-order chi connectivity index (χ1) is 39.5. The molecule has 6 heteroatoms. The number of esters is 3. The minimum Gasteiger partial charge on any atom is -0.462 e. The number of hydrogen-bond acceptors (Lipinski definition) is 6. The average Bonchev–Trinajstić information content (AvgIpc) is 3.46. The van der Waals surface area contributed by atoms with Crippen molar-refractivity contribution in [2.24, 2.45) is 0 Å². The second-order valence-electron chi connectivity index (χ2n) is 21.3. The van der Waals surface area contributed by atoms with Gasteiger partial charge in [0.1, 0.15) is 13.2 Å². The highest BCUT2D eigenvalue weighted by molar-refractivity contribution is 5.71. The molecule has 0 rings (SSSR count). The standard InChI is InChI=1S/C74H120O6/c1-4-7-10-13-16-19-22-25-27-29-30-31-32-33-34-35-36-37-38-39-40-41-42-43-44-46-47-49-52-55-58-61-64-67-73(76)79-70-71(69-78-72(75)66-63-60-57-54-51-24-21-18-15-12-9-6-3)80-74(77)68-65-62-59-56-53-50-48-45-28-26-23-20-17-14-11-8-5-2/h7-8,10-11,16-21,25-28,30-31,33-34,36-37,39-40,48,50,71H,4-6,9,12-15,22-24,29,32,35,38,41-47,49,51-70H2,1-3H3/b10-7-,11-8-,19-16-,20-17-,21-18-,27-25-,28-26-,31-30-,34-33-,37-36-,40-39-,50-48-. The summed E-state index contributed by atoms with van der Waals surface area (Å²) in [4.78, 5) is 38.3.